The molecule has 1 heterocycles. The van der Waals surface area contributed by atoms with Crippen molar-refractivity contribution in [3.8, 4) is 0 Å². The third-order valence-corrected chi connectivity index (χ3v) is 3.82. The lowest BCUT2D eigenvalue weighted by atomic mass is 9.83. The molecule has 1 N–H and O–H groups in total. The van der Waals surface area contributed by atoms with Crippen molar-refractivity contribution in [3.63, 3.8) is 0 Å². The summed E-state index contributed by atoms with van der Waals surface area (Å²) in [5.74, 6) is 1.47. The number of hydrogen-bond donors (Lipinski definition) is 1. The van der Waals surface area contributed by atoms with Gasteiger partial charge in [-0.1, -0.05) is 24.3 Å². The predicted octanol–water partition coefficient (Wildman–Crippen LogP) is 2.47. The fraction of sp³-hybridized carbons (Fsp3) is 0.375. The van der Waals surface area contributed by atoms with E-state index in [0.29, 0.717) is 5.92 Å². The minimum Gasteiger partial charge on any atom is -0.316 e. The summed E-state index contributed by atoms with van der Waals surface area (Å²) in [5, 5.41) is 3.12. The van der Waals surface area contributed by atoms with E-state index in [2.05, 4.69) is 39.6 Å². The van der Waals surface area contributed by atoms with Crippen molar-refractivity contribution in [1.29, 1.82) is 0 Å². The summed E-state index contributed by atoms with van der Waals surface area (Å²) in [6.07, 6.45) is 7.26. The van der Waals surface area contributed by atoms with E-state index in [1.54, 1.807) is 0 Å². The normalized spacial score (nSPS) is 18.1. The molecule has 1 aliphatic carbocycles. The number of hydrogen-bond acceptors (Lipinski definition) is 3. The first kappa shape index (κ1) is 12.3. The Kier molecular flexibility index (Phi) is 3.56. The van der Waals surface area contributed by atoms with Gasteiger partial charge in [-0.2, -0.15) is 0 Å². The topological polar surface area (TPSA) is 37.8 Å². The first-order valence-electron chi connectivity index (χ1n) is 6.89. The van der Waals surface area contributed by atoms with E-state index in [1.807, 2.05) is 19.4 Å². The molecule has 3 nitrogen and oxygen atoms in total. The maximum absolute atomic E-state index is 4.54. The molecule has 0 aliphatic heterocycles. The van der Waals surface area contributed by atoms with Gasteiger partial charge in [0.1, 0.15) is 5.82 Å². The highest BCUT2D eigenvalue weighted by Gasteiger charge is 2.21. The van der Waals surface area contributed by atoms with E-state index in [1.165, 1.54) is 11.1 Å². The summed E-state index contributed by atoms with van der Waals surface area (Å²) in [6, 6.07) is 8.72. The molecular weight excluding hydrogens is 234 g/mol. The second kappa shape index (κ2) is 5.49. The van der Waals surface area contributed by atoms with Crippen LogP contribution < -0.4 is 5.32 Å². The lowest BCUT2D eigenvalue weighted by Crippen LogP contribution is -2.15. The van der Waals surface area contributed by atoms with Crippen LogP contribution in [0.25, 0.3) is 0 Å². The Morgan fingerprint density at radius 1 is 1.16 bits per heavy atom. The minimum absolute atomic E-state index is 0.471. The lowest BCUT2D eigenvalue weighted by Gasteiger charge is -2.23. The summed E-state index contributed by atoms with van der Waals surface area (Å²) in [4.78, 5) is 9.09. The van der Waals surface area contributed by atoms with Crippen LogP contribution >= 0.6 is 0 Å². The zero-order chi connectivity index (χ0) is 13.1. The van der Waals surface area contributed by atoms with Gasteiger partial charge in [-0.15, -0.1) is 0 Å². The van der Waals surface area contributed by atoms with Crippen LogP contribution in [0, 0.1) is 0 Å². The van der Waals surface area contributed by atoms with Crippen molar-refractivity contribution in [2.24, 2.45) is 0 Å². The molecule has 1 unspecified atom stereocenters. The molecule has 1 aliphatic rings. The first-order valence-corrected chi connectivity index (χ1v) is 6.89. The molecule has 0 saturated carbocycles. The largest absolute Gasteiger partial charge is 0.316 e. The second-order valence-corrected chi connectivity index (χ2v) is 5.19. The van der Waals surface area contributed by atoms with Crippen molar-refractivity contribution in [3.05, 3.63) is 59.2 Å². The average Bonchev–Trinajstić information content (AvgIpc) is 2.48. The molecule has 2 aromatic rings. The molecule has 0 amide bonds. The summed E-state index contributed by atoms with van der Waals surface area (Å²) < 4.78 is 0. The van der Waals surface area contributed by atoms with Gasteiger partial charge in [-0.05, 0) is 37.4 Å². The Morgan fingerprint density at radius 2 is 1.89 bits per heavy atom. The van der Waals surface area contributed by atoms with Gasteiger partial charge >= 0.3 is 0 Å². The number of nitrogens with one attached hydrogen (secondary N) is 1. The lowest BCUT2D eigenvalue weighted by molar-refractivity contribution is 0.553. The van der Waals surface area contributed by atoms with E-state index < -0.39 is 0 Å². The van der Waals surface area contributed by atoms with Crippen LogP contribution in [0.2, 0.25) is 0 Å². The Morgan fingerprint density at radius 3 is 2.63 bits per heavy atom. The fourth-order valence-electron chi connectivity index (χ4n) is 2.79. The molecular formula is C16H19N3. The number of aromatic nitrogens is 2. The van der Waals surface area contributed by atoms with Gasteiger partial charge in [0.2, 0.25) is 0 Å². The van der Waals surface area contributed by atoms with Crippen LogP contribution in [0.5, 0.6) is 0 Å². The van der Waals surface area contributed by atoms with Gasteiger partial charge < -0.3 is 5.32 Å². The van der Waals surface area contributed by atoms with Gasteiger partial charge in [-0.3, -0.25) is 0 Å². The van der Waals surface area contributed by atoms with Crippen molar-refractivity contribution < 1.29 is 0 Å². The molecule has 0 bridgehead atoms. The standard InChI is InChI=1S/C16H19N3/c1-17-9-12-10-18-16(19-11-12)15-7-6-13-4-2-3-5-14(13)8-15/h2-5,10-11,15,17H,6-9H2,1H3. The molecule has 3 heteroatoms. The molecule has 3 rings (SSSR count). The second-order valence-electron chi connectivity index (χ2n) is 5.19. The van der Waals surface area contributed by atoms with Gasteiger partial charge in [0.25, 0.3) is 0 Å². The number of aryl methyl sites for hydroxylation is 1. The van der Waals surface area contributed by atoms with E-state index in [9.17, 15) is 0 Å². The van der Waals surface area contributed by atoms with E-state index in [4.69, 9.17) is 0 Å². The molecule has 0 radical (unpaired) electrons. The number of benzene rings is 1. The highest BCUT2D eigenvalue weighted by Crippen LogP contribution is 2.30. The molecule has 0 fully saturated rings. The summed E-state index contributed by atoms with van der Waals surface area (Å²) >= 11 is 0. The van der Waals surface area contributed by atoms with Gasteiger partial charge in [0, 0.05) is 30.4 Å². The molecule has 98 valence electrons. The van der Waals surface area contributed by atoms with Crippen molar-refractivity contribution >= 4 is 0 Å². The molecule has 0 spiro atoms. The van der Waals surface area contributed by atoms with Crippen molar-refractivity contribution in [1.82, 2.24) is 15.3 Å². The average molecular weight is 253 g/mol. The summed E-state index contributed by atoms with van der Waals surface area (Å²) in [7, 11) is 1.94. The van der Waals surface area contributed by atoms with Crippen LogP contribution in [-0.4, -0.2) is 17.0 Å². The predicted molar refractivity (Wildman–Crippen MR) is 76.0 cm³/mol. The van der Waals surface area contributed by atoms with Crippen LogP contribution in [0.15, 0.2) is 36.7 Å². The maximum atomic E-state index is 4.54. The molecule has 1 aromatic carbocycles. The van der Waals surface area contributed by atoms with Crippen molar-refractivity contribution in [2.75, 3.05) is 7.05 Å². The zero-order valence-corrected chi connectivity index (χ0v) is 11.3. The van der Waals surface area contributed by atoms with E-state index in [0.717, 1.165) is 37.2 Å². The monoisotopic (exact) mass is 253 g/mol. The van der Waals surface area contributed by atoms with Crippen LogP contribution in [0.3, 0.4) is 0 Å². The minimum atomic E-state index is 0.471. The Balaban J connectivity index is 1.77. The summed E-state index contributed by atoms with van der Waals surface area (Å²) in [6.45, 7) is 0.827. The zero-order valence-electron chi connectivity index (χ0n) is 11.3. The maximum Gasteiger partial charge on any atom is 0.131 e. The SMILES string of the molecule is CNCc1cnc(C2CCc3ccccc3C2)nc1. The summed E-state index contributed by atoms with van der Waals surface area (Å²) in [5.41, 5.74) is 4.09. The quantitative estimate of drug-likeness (QED) is 0.913. The number of rotatable bonds is 3. The third-order valence-electron chi connectivity index (χ3n) is 3.82. The highest BCUT2D eigenvalue weighted by atomic mass is 14.9. The Hall–Kier alpha value is -1.74. The van der Waals surface area contributed by atoms with Crippen LogP contribution in [-0.2, 0) is 19.4 Å². The van der Waals surface area contributed by atoms with E-state index >= 15 is 0 Å². The van der Waals surface area contributed by atoms with E-state index in [-0.39, 0.29) is 0 Å². The first-order chi connectivity index (χ1) is 9.36. The number of nitrogens with zero attached hydrogens (tertiary/aromatic N) is 2. The fourth-order valence-corrected chi connectivity index (χ4v) is 2.79. The van der Waals surface area contributed by atoms with Crippen LogP contribution in [0.1, 0.15) is 34.9 Å². The van der Waals surface area contributed by atoms with Gasteiger partial charge in [0.05, 0.1) is 0 Å². The Bertz CT molecular complexity index is 548. The third kappa shape index (κ3) is 2.66. The highest BCUT2D eigenvalue weighted by molar-refractivity contribution is 5.31. The number of fused-ring (bicyclic) bond motifs is 1. The molecule has 1 atom stereocenters. The van der Waals surface area contributed by atoms with Gasteiger partial charge in [-0.25, -0.2) is 9.97 Å². The Labute approximate surface area is 114 Å². The molecule has 0 saturated heterocycles. The van der Waals surface area contributed by atoms with Crippen LogP contribution in [0.4, 0.5) is 0 Å². The van der Waals surface area contributed by atoms with Gasteiger partial charge in [0.15, 0.2) is 0 Å². The molecule has 19 heavy (non-hydrogen) atoms. The smallest absolute Gasteiger partial charge is 0.131 e. The molecule has 1 aromatic heterocycles. The van der Waals surface area contributed by atoms with Crippen molar-refractivity contribution in [2.45, 2.75) is 31.7 Å².